The Morgan fingerprint density at radius 1 is 0.542 bits per heavy atom. The molecule has 3 unspecified atom stereocenters. The van der Waals surface area contributed by atoms with Gasteiger partial charge in [-0.15, -0.1) is 27.7 Å². The van der Waals surface area contributed by atoms with Gasteiger partial charge in [0.1, 0.15) is 0 Å². The van der Waals surface area contributed by atoms with Gasteiger partial charge in [0.05, 0.1) is 0 Å². The second kappa shape index (κ2) is 8.36. The Kier molecular flexibility index (Phi) is 6.19. The normalized spacial score (nSPS) is 10.8. The van der Waals surface area contributed by atoms with Crippen molar-refractivity contribution in [2.75, 3.05) is 0 Å². The molecule has 0 fully saturated rings. The second-order valence-electron chi connectivity index (χ2n) is 5.88. The van der Waals surface area contributed by atoms with Gasteiger partial charge in [0.2, 0.25) is 0 Å². The van der Waals surface area contributed by atoms with Crippen molar-refractivity contribution < 1.29 is 0 Å². The van der Waals surface area contributed by atoms with E-state index < -0.39 is 0 Å². The van der Waals surface area contributed by atoms with Gasteiger partial charge >= 0.3 is 0 Å². The van der Waals surface area contributed by atoms with Crippen LogP contribution in [0.5, 0.6) is 0 Å². The highest BCUT2D eigenvalue weighted by Crippen LogP contribution is 2.31. The number of rotatable bonds is 5. The van der Waals surface area contributed by atoms with E-state index in [0.717, 1.165) is 18.5 Å². The predicted molar refractivity (Wildman–Crippen MR) is 118 cm³/mol. The van der Waals surface area contributed by atoms with Crippen LogP contribution in [0.1, 0.15) is 16.7 Å². The van der Waals surface area contributed by atoms with Gasteiger partial charge in [-0.05, 0) is 63.5 Å². The maximum Gasteiger partial charge on any atom is -0.0122 e. The fourth-order valence-corrected chi connectivity index (χ4v) is 3.79. The van der Waals surface area contributed by atoms with Gasteiger partial charge in [-0.1, -0.05) is 60.7 Å². The lowest BCUT2D eigenvalue weighted by Gasteiger charge is -2.12. The smallest absolute Gasteiger partial charge is 0.0122 e. The molecule has 122 valence electrons. The first-order chi connectivity index (χ1) is 11.7. The average molecular weight is 368 g/mol. The maximum absolute atomic E-state index is 2.86. The number of benzene rings is 3. The maximum atomic E-state index is 2.86. The van der Waals surface area contributed by atoms with E-state index in [2.05, 4.69) is 94.4 Å². The summed E-state index contributed by atoms with van der Waals surface area (Å²) in [5.74, 6) is 0. The zero-order valence-electron chi connectivity index (χ0n) is 13.7. The van der Waals surface area contributed by atoms with E-state index in [1.165, 1.54) is 38.9 Å². The molecule has 0 saturated heterocycles. The summed E-state index contributed by atoms with van der Waals surface area (Å²) < 4.78 is 0. The van der Waals surface area contributed by atoms with Crippen LogP contribution in [0.4, 0.5) is 0 Å². The molecule has 0 aromatic heterocycles. The Morgan fingerprint density at radius 2 is 1.21 bits per heavy atom. The largest absolute Gasteiger partial charge is 0.133 e. The highest BCUT2D eigenvalue weighted by atomic mass is 31.0. The van der Waals surface area contributed by atoms with E-state index in [9.17, 15) is 0 Å². The summed E-state index contributed by atoms with van der Waals surface area (Å²) in [7, 11) is 8.44. The van der Waals surface area contributed by atoms with Crippen LogP contribution < -0.4 is 0 Å². The molecule has 0 aliphatic rings. The van der Waals surface area contributed by atoms with Crippen LogP contribution in [-0.4, -0.2) is 0 Å². The predicted octanol–water partition coefficient (Wildman–Crippen LogP) is 6.15. The first-order valence-electron chi connectivity index (χ1n) is 8.17. The lowest BCUT2D eigenvalue weighted by Crippen LogP contribution is -1.90. The minimum atomic E-state index is 0.973. The van der Waals surface area contributed by atoms with Gasteiger partial charge in [-0.3, -0.25) is 0 Å². The van der Waals surface area contributed by atoms with Crippen molar-refractivity contribution in [3.63, 3.8) is 0 Å². The minimum Gasteiger partial charge on any atom is -0.133 e. The Bertz CT molecular complexity index is 823. The molecule has 3 aromatic rings. The molecule has 0 aliphatic carbocycles. The van der Waals surface area contributed by atoms with Crippen LogP contribution in [0.25, 0.3) is 22.3 Å². The number of hydrogen-bond acceptors (Lipinski definition) is 0. The van der Waals surface area contributed by atoms with Crippen LogP contribution in [0.3, 0.4) is 0 Å². The molecule has 24 heavy (non-hydrogen) atoms. The van der Waals surface area contributed by atoms with Crippen molar-refractivity contribution in [3.8, 4) is 22.3 Å². The third-order valence-electron chi connectivity index (χ3n) is 4.32. The van der Waals surface area contributed by atoms with Gasteiger partial charge < -0.3 is 0 Å². The van der Waals surface area contributed by atoms with E-state index in [1.807, 2.05) is 0 Å². The van der Waals surface area contributed by atoms with E-state index in [0.29, 0.717) is 0 Å². The summed E-state index contributed by atoms with van der Waals surface area (Å²) in [6, 6.07) is 24.5. The standard InChI is InChI=1S/C21H23P3/c22-12-15-4-7-17(8-5-15)18-2-1-3-19(11-18)21-9-6-16(13-23)10-20(21)14-24/h1-11H,12-14,22-24H2. The first kappa shape index (κ1) is 17.8. The highest BCUT2D eigenvalue weighted by Gasteiger charge is 2.07. The average Bonchev–Trinajstić information content (AvgIpc) is 2.67. The van der Waals surface area contributed by atoms with Gasteiger partial charge in [0.15, 0.2) is 0 Å². The Hall–Kier alpha value is -1.05. The monoisotopic (exact) mass is 368 g/mol. The van der Waals surface area contributed by atoms with Crippen molar-refractivity contribution >= 4 is 27.7 Å². The molecule has 0 nitrogen and oxygen atoms in total. The quantitative estimate of drug-likeness (QED) is 0.474. The van der Waals surface area contributed by atoms with Crippen molar-refractivity contribution in [2.45, 2.75) is 18.5 Å². The van der Waals surface area contributed by atoms with Crippen LogP contribution >= 0.6 is 27.7 Å². The Balaban J connectivity index is 2.01. The molecule has 3 aromatic carbocycles. The fourth-order valence-electron chi connectivity index (χ4n) is 2.92. The van der Waals surface area contributed by atoms with Crippen molar-refractivity contribution in [3.05, 3.63) is 83.4 Å². The van der Waals surface area contributed by atoms with Gasteiger partial charge in [0, 0.05) is 0 Å². The van der Waals surface area contributed by atoms with Gasteiger partial charge in [-0.25, -0.2) is 0 Å². The lowest BCUT2D eigenvalue weighted by atomic mass is 9.95. The summed E-state index contributed by atoms with van der Waals surface area (Å²) in [4.78, 5) is 0. The third-order valence-corrected chi connectivity index (χ3v) is 5.70. The van der Waals surface area contributed by atoms with E-state index in [-0.39, 0.29) is 0 Å². The van der Waals surface area contributed by atoms with Crippen LogP contribution in [0, 0.1) is 0 Å². The fraction of sp³-hybridized carbons (Fsp3) is 0.143. The molecule has 3 atom stereocenters. The second-order valence-corrected chi connectivity index (χ2v) is 7.11. The van der Waals surface area contributed by atoms with Crippen molar-refractivity contribution in [1.29, 1.82) is 0 Å². The van der Waals surface area contributed by atoms with Crippen LogP contribution in [0.2, 0.25) is 0 Å². The molecule has 0 amide bonds. The summed E-state index contributed by atoms with van der Waals surface area (Å²) in [5, 5.41) is 0. The zero-order chi connectivity index (χ0) is 16.9. The Morgan fingerprint density at radius 3 is 1.88 bits per heavy atom. The molecule has 0 N–H and O–H groups in total. The van der Waals surface area contributed by atoms with Crippen LogP contribution in [-0.2, 0) is 18.5 Å². The summed E-state index contributed by atoms with van der Waals surface area (Å²) >= 11 is 0. The molecule has 0 radical (unpaired) electrons. The molecular formula is C21H23P3. The third kappa shape index (κ3) is 3.95. The summed E-state index contributed by atoms with van der Waals surface area (Å²) in [6.07, 6.45) is 2.97. The molecule has 0 aliphatic heterocycles. The minimum absolute atomic E-state index is 0.973. The molecule has 3 heteroatoms. The Labute approximate surface area is 152 Å². The molecule has 3 rings (SSSR count). The molecule has 0 bridgehead atoms. The highest BCUT2D eigenvalue weighted by molar-refractivity contribution is 7.15. The van der Waals surface area contributed by atoms with Crippen LogP contribution in [0.15, 0.2) is 66.7 Å². The van der Waals surface area contributed by atoms with Crippen molar-refractivity contribution in [2.24, 2.45) is 0 Å². The zero-order valence-corrected chi connectivity index (χ0v) is 17.2. The van der Waals surface area contributed by atoms with Crippen molar-refractivity contribution in [1.82, 2.24) is 0 Å². The number of hydrogen-bond donors (Lipinski definition) is 0. The lowest BCUT2D eigenvalue weighted by molar-refractivity contribution is 1.33. The van der Waals surface area contributed by atoms with Gasteiger partial charge in [0.25, 0.3) is 0 Å². The van der Waals surface area contributed by atoms with E-state index in [4.69, 9.17) is 0 Å². The summed E-state index contributed by atoms with van der Waals surface area (Å²) in [6.45, 7) is 0. The van der Waals surface area contributed by atoms with Gasteiger partial charge in [-0.2, -0.15) is 0 Å². The molecular weight excluding hydrogens is 345 g/mol. The molecule has 0 heterocycles. The summed E-state index contributed by atoms with van der Waals surface area (Å²) in [5.41, 5.74) is 9.26. The molecule has 0 spiro atoms. The SMILES string of the molecule is PCc1ccc(-c2cccc(-c3ccc(CP)cc3CP)c2)cc1. The van der Waals surface area contributed by atoms with E-state index in [1.54, 1.807) is 0 Å². The topological polar surface area (TPSA) is 0 Å². The molecule has 0 saturated carbocycles. The first-order valence-corrected chi connectivity index (χ1v) is 10.6. The van der Waals surface area contributed by atoms with E-state index >= 15 is 0 Å².